The van der Waals surface area contributed by atoms with Crippen molar-refractivity contribution >= 4 is 11.7 Å². The molecule has 0 saturated carbocycles. The number of amides is 1. The lowest BCUT2D eigenvalue weighted by molar-refractivity contribution is -0.121. The van der Waals surface area contributed by atoms with Gasteiger partial charge < -0.3 is 9.88 Å². The number of Topliss-reactive ketones (excluding diaryl/α,β-unsaturated/α-hetero) is 1. The Bertz CT molecular complexity index is 602. The van der Waals surface area contributed by atoms with E-state index >= 15 is 0 Å². The van der Waals surface area contributed by atoms with Gasteiger partial charge in [-0.3, -0.25) is 9.59 Å². The van der Waals surface area contributed by atoms with Gasteiger partial charge in [0.2, 0.25) is 5.91 Å². The third-order valence-corrected chi connectivity index (χ3v) is 3.21. The lowest BCUT2D eigenvalue weighted by Gasteiger charge is -2.06. The number of benzene rings is 1. The molecule has 0 aliphatic carbocycles. The first kappa shape index (κ1) is 15.0. The molecule has 0 unspecified atom stereocenters. The Balaban J connectivity index is 1.84. The quantitative estimate of drug-likeness (QED) is 0.795. The number of carbonyl (C=O) groups is 2. The van der Waals surface area contributed by atoms with Crippen LogP contribution in [0, 0.1) is 0 Å². The smallest absolute Gasteiger partial charge is 0.240 e. The topological polar surface area (TPSA) is 51.1 Å². The molecule has 0 aliphatic heterocycles. The summed E-state index contributed by atoms with van der Waals surface area (Å²) in [6.45, 7) is 2.72. The van der Waals surface area contributed by atoms with E-state index in [9.17, 15) is 9.59 Å². The lowest BCUT2D eigenvalue weighted by atomic mass is 10.1. The predicted octanol–water partition coefficient (Wildman–Crippen LogP) is 2.79. The summed E-state index contributed by atoms with van der Waals surface area (Å²) >= 11 is 0. The molecule has 21 heavy (non-hydrogen) atoms. The molecular weight excluding hydrogens is 264 g/mol. The molecule has 0 spiro atoms. The van der Waals surface area contributed by atoms with E-state index < -0.39 is 0 Å². The summed E-state index contributed by atoms with van der Waals surface area (Å²) in [7, 11) is 0. The Morgan fingerprint density at radius 3 is 2.62 bits per heavy atom. The summed E-state index contributed by atoms with van der Waals surface area (Å²) in [5.74, 6) is 0.0601. The fourth-order valence-corrected chi connectivity index (χ4v) is 2.09. The number of nitrogens with one attached hydrogen (secondary N) is 1. The van der Waals surface area contributed by atoms with Crippen LogP contribution >= 0.6 is 0 Å². The van der Waals surface area contributed by atoms with E-state index in [2.05, 4.69) is 5.32 Å². The van der Waals surface area contributed by atoms with Crippen LogP contribution in [-0.4, -0.2) is 16.3 Å². The fraction of sp³-hybridized carbons (Fsp3) is 0.294. The van der Waals surface area contributed by atoms with Gasteiger partial charge in [0.05, 0.1) is 0 Å². The van der Waals surface area contributed by atoms with Gasteiger partial charge in [0.15, 0.2) is 5.78 Å². The average Bonchev–Trinajstić information content (AvgIpc) is 2.95. The maximum atomic E-state index is 11.9. The summed E-state index contributed by atoms with van der Waals surface area (Å²) in [4.78, 5) is 23.6. The van der Waals surface area contributed by atoms with E-state index in [1.165, 1.54) is 0 Å². The predicted molar refractivity (Wildman–Crippen MR) is 82.0 cm³/mol. The van der Waals surface area contributed by atoms with Gasteiger partial charge in [-0.25, -0.2) is 0 Å². The maximum Gasteiger partial charge on any atom is 0.240 e. The maximum absolute atomic E-state index is 11.9. The molecule has 0 saturated heterocycles. The van der Waals surface area contributed by atoms with Gasteiger partial charge in [-0.1, -0.05) is 37.3 Å². The molecule has 0 radical (unpaired) electrons. The average molecular weight is 284 g/mol. The molecular formula is C17H20N2O2. The number of hydrogen-bond donors (Lipinski definition) is 1. The summed E-state index contributed by atoms with van der Waals surface area (Å²) in [6.07, 6.45) is 4.89. The van der Waals surface area contributed by atoms with Crippen LogP contribution in [0.4, 0.5) is 0 Å². The molecule has 1 N–H and O–H groups in total. The van der Waals surface area contributed by atoms with Crippen LogP contribution in [-0.2, 0) is 17.9 Å². The second kappa shape index (κ2) is 7.43. The SMILES string of the molecule is CCCC(=O)c1ccn(CC(=O)NCc2ccccc2)c1. The van der Waals surface area contributed by atoms with Crippen LogP contribution in [0.3, 0.4) is 0 Å². The minimum Gasteiger partial charge on any atom is -0.350 e. The second-order valence-corrected chi connectivity index (χ2v) is 5.01. The van der Waals surface area contributed by atoms with E-state index in [0.29, 0.717) is 18.5 Å². The fourth-order valence-electron chi connectivity index (χ4n) is 2.09. The first-order valence-corrected chi connectivity index (χ1v) is 7.18. The molecule has 1 aromatic heterocycles. The Kier molecular flexibility index (Phi) is 5.32. The molecule has 1 amide bonds. The van der Waals surface area contributed by atoms with Gasteiger partial charge in [0, 0.05) is 30.9 Å². The first-order chi connectivity index (χ1) is 10.2. The number of hydrogen-bond acceptors (Lipinski definition) is 2. The van der Waals surface area contributed by atoms with E-state index in [4.69, 9.17) is 0 Å². The van der Waals surface area contributed by atoms with Gasteiger partial charge in [-0.2, -0.15) is 0 Å². The van der Waals surface area contributed by atoms with Crippen LogP contribution in [0.1, 0.15) is 35.7 Å². The van der Waals surface area contributed by atoms with Crippen molar-refractivity contribution < 1.29 is 9.59 Å². The molecule has 0 atom stereocenters. The summed E-state index contributed by atoms with van der Waals surface area (Å²) < 4.78 is 1.74. The Morgan fingerprint density at radius 1 is 1.14 bits per heavy atom. The minimum atomic E-state index is -0.0658. The highest BCUT2D eigenvalue weighted by atomic mass is 16.2. The van der Waals surface area contributed by atoms with Gasteiger partial charge in [0.1, 0.15) is 6.54 Å². The molecule has 0 aliphatic rings. The molecule has 2 aromatic rings. The normalized spacial score (nSPS) is 10.3. The highest BCUT2D eigenvalue weighted by Crippen LogP contribution is 2.06. The Hall–Kier alpha value is -2.36. The molecule has 0 bridgehead atoms. The molecule has 2 rings (SSSR count). The van der Waals surface area contributed by atoms with E-state index in [1.807, 2.05) is 37.3 Å². The van der Waals surface area contributed by atoms with E-state index in [0.717, 1.165) is 12.0 Å². The molecule has 4 heteroatoms. The van der Waals surface area contributed by atoms with Crippen molar-refractivity contribution in [2.45, 2.75) is 32.9 Å². The number of rotatable bonds is 7. The largest absolute Gasteiger partial charge is 0.350 e. The number of carbonyl (C=O) groups excluding carboxylic acids is 2. The van der Waals surface area contributed by atoms with Crippen LogP contribution in [0.15, 0.2) is 48.8 Å². The van der Waals surface area contributed by atoms with Gasteiger partial charge in [-0.05, 0) is 18.1 Å². The standard InChI is InChI=1S/C17H20N2O2/c1-2-6-16(20)15-9-10-19(12-15)13-17(21)18-11-14-7-4-3-5-8-14/h3-5,7-10,12H,2,6,11,13H2,1H3,(H,18,21). The second-order valence-electron chi connectivity index (χ2n) is 5.01. The molecule has 4 nitrogen and oxygen atoms in total. The highest BCUT2D eigenvalue weighted by molar-refractivity contribution is 5.95. The van der Waals surface area contributed by atoms with Gasteiger partial charge >= 0.3 is 0 Å². The summed E-state index contributed by atoms with van der Waals surface area (Å²) in [5, 5.41) is 2.87. The third kappa shape index (κ3) is 4.60. The zero-order valence-electron chi connectivity index (χ0n) is 12.2. The van der Waals surface area contributed by atoms with Crippen molar-refractivity contribution in [3.63, 3.8) is 0 Å². The number of ketones is 1. The van der Waals surface area contributed by atoms with Gasteiger partial charge in [-0.15, -0.1) is 0 Å². The van der Waals surface area contributed by atoms with Crippen molar-refractivity contribution in [3.8, 4) is 0 Å². The molecule has 1 heterocycles. The zero-order chi connectivity index (χ0) is 15.1. The Labute approximate surface area is 124 Å². The molecule has 1 aromatic carbocycles. The van der Waals surface area contributed by atoms with Crippen LogP contribution in [0.2, 0.25) is 0 Å². The van der Waals surface area contributed by atoms with Crippen LogP contribution < -0.4 is 5.32 Å². The Morgan fingerprint density at radius 2 is 1.90 bits per heavy atom. The molecule has 110 valence electrons. The third-order valence-electron chi connectivity index (χ3n) is 3.21. The van der Waals surface area contributed by atoms with E-state index in [1.54, 1.807) is 23.0 Å². The zero-order valence-corrected chi connectivity index (χ0v) is 12.2. The van der Waals surface area contributed by atoms with Crippen molar-refractivity contribution in [2.75, 3.05) is 0 Å². The van der Waals surface area contributed by atoms with Crippen LogP contribution in [0.25, 0.3) is 0 Å². The van der Waals surface area contributed by atoms with Gasteiger partial charge in [0.25, 0.3) is 0 Å². The first-order valence-electron chi connectivity index (χ1n) is 7.18. The monoisotopic (exact) mass is 284 g/mol. The van der Waals surface area contributed by atoms with E-state index in [-0.39, 0.29) is 18.2 Å². The number of aromatic nitrogens is 1. The molecule has 0 fully saturated rings. The summed E-state index contributed by atoms with van der Waals surface area (Å²) in [6, 6.07) is 11.5. The highest BCUT2D eigenvalue weighted by Gasteiger charge is 2.08. The minimum absolute atomic E-state index is 0.0658. The van der Waals surface area contributed by atoms with Crippen molar-refractivity contribution in [2.24, 2.45) is 0 Å². The van der Waals surface area contributed by atoms with Crippen molar-refractivity contribution in [1.29, 1.82) is 0 Å². The number of nitrogens with zero attached hydrogens (tertiary/aromatic N) is 1. The lowest BCUT2D eigenvalue weighted by Crippen LogP contribution is -2.26. The summed E-state index contributed by atoms with van der Waals surface area (Å²) in [5.41, 5.74) is 1.74. The van der Waals surface area contributed by atoms with Crippen LogP contribution in [0.5, 0.6) is 0 Å². The van der Waals surface area contributed by atoms with Crippen molar-refractivity contribution in [1.82, 2.24) is 9.88 Å². The van der Waals surface area contributed by atoms with Crippen molar-refractivity contribution in [3.05, 3.63) is 59.9 Å².